The molecule has 0 aliphatic rings. The largest absolute Gasteiger partial charge is 0.497 e. The van der Waals surface area contributed by atoms with Gasteiger partial charge in [-0.2, -0.15) is 0 Å². The second-order valence-corrected chi connectivity index (χ2v) is 6.89. The maximum Gasteiger partial charge on any atom is 0.225 e. The van der Waals surface area contributed by atoms with Gasteiger partial charge in [-0.05, 0) is 30.7 Å². The normalized spacial score (nSPS) is 10.4. The van der Waals surface area contributed by atoms with Crippen LogP contribution in [-0.4, -0.2) is 44.3 Å². The Kier molecular flexibility index (Phi) is 7.49. The maximum absolute atomic E-state index is 12.3. The zero-order valence-corrected chi connectivity index (χ0v) is 18.9. The molecule has 2 aromatic carbocycles. The molecule has 0 unspecified atom stereocenters. The second kappa shape index (κ2) is 10.5. The Hall–Kier alpha value is -3.81. The molecule has 168 valence electrons. The summed E-state index contributed by atoms with van der Waals surface area (Å²) in [5, 5.41) is 2.86. The van der Waals surface area contributed by atoms with Crippen LogP contribution in [0.3, 0.4) is 0 Å². The number of rotatable bonds is 9. The fourth-order valence-electron chi connectivity index (χ4n) is 3.20. The zero-order chi connectivity index (χ0) is 23.1. The minimum absolute atomic E-state index is 0.119. The number of hydrogen-bond donors (Lipinski definition) is 1. The molecule has 1 amide bonds. The number of nitrogens with zero attached hydrogens (tertiary/aromatic N) is 2. The molecule has 0 aliphatic carbocycles. The van der Waals surface area contributed by atoms with E-state index in [-0.39, 0.29) is 5.91 Å². The second-order valence-electron chi connectivity index (χ2n) is 6.89. The van der Waals surface area contributed by atoms with Crippen LogP contribution in [0.25, 0.3) is 22.6 Å². The lowest BCUT2D eigenvalue weighted by Gasteiger charge is -2.14. The molecule has 1 heterocycles. The van der Waals surface area contributed by atoms with Crippen molar-refractivity contribution in [2.24, 2.45) is 0 Å². The molecule has 1 N–H and O–H groups in total. The predicted molar refractivity (Wildman–Crippen MR) is 123 cm³/mol. The number of anilines is 1. The van der Waals surface area contributed by atoms with E-state index in [1.807, 2.05) is 25.1 Å². The first kappa shape index (κ1) is 22.9. The van der Waals surface area contributed by atoms with Gasteiger partial charge in [0.05, 0.1) is 39.7 Å². The van der Waals surface area contributed by atoms with Crippen molar-refractivity contribution in [3.63, 3.8) is 0 Å². The van der Waals surface area contributed by atoms with Crippen LogP contribution < -0.4 is 24.3 Å². The van der Waals surface area contributed by atoms with Crippen molar-refractivity contribution in [2.45, 2.75) is 19.8 Å². The number of aromatic nitrogens is 2. The van der Waals surface area contributed by atoms with Crippen LogP contribution in [0.1, 0.15) is 19.8 Å². The lowest BCUT2D eigenvalue weighted by molar-refractivity contribution is -0.116. The number of carbonyl (C=O) groups is 1. The number of benzene rings is 2. The third-order valence-corrected chi connectivity index (χ3v) is 4.80. The Balaban J connectivity index is 2.18. The molecule has 0 radical (unpaired) electrons. The standard InChI is InChI=1S/C24H27N3O5/c1-6-7-23(28)26-22-14-19(17-10-8-15(29-2)12-20(17)31-4)25-24(27-22)18-11-9-16(30-3)13-21(18)32-5/h8-14H,6-7H2,1-5H3,(H,25,26,27,28). The van der Waals surface area contributed by atoms with Crippen molar-refractivity contribution in [3.8, 4) is 45.6 Å². The molecule has 0 spiro atoms. The van der Waals surface area contributed by atoms with Gasteiger partial charge in [-0.1, -0.05) is 6.92 Å². The molecule has 1 aromatic heterocycles. The minimum atomic E-state index is -0.119. The van der Waals surface area contributed by atoms with Crippen LogP contribution in [0, 0.1) is 0 Å². The Morgan fingerprint density at radius 2 is 1.41 bits per heavy atom. The summed E-state index contributed by atoms with van der Waals surface area (Å²) in [5.41, 5.74) is 1.98. The summed E-state index contributed by atoms with van der Waals surface area (Å²) in [5.74, 6) is 3.11. The van der Waals surface area contributed by atoms with Crippen LogP contribution in [0.5, 0.6) is 23.0 Å². The molecule has 0 saturated carbocycles. The highest BCUT2D eigenvalue weighted by Gasteiger charge is 2.17. The van der Waals surface area contributed by atoms with E-state index in [1.165, 1.54) is 0 Å². The van der Waals surface area contributed by atoms with Gasteiger partial charge in [0.2, 0.25) is 5.91 Å². The summed E-state index contributed by atoms with van der Waals surface area (Å²) in [6.45, 7) is 1.95. The van der Waals surface area contributed by atoms with E-state index in [0.717, 1.165) is 12.0 Å². The van der Waals surface area contributed by atoms with Crippen LogP contribution in [0.15, 0.2) is 42.5 Å². The summed E-state index contributed by atoms with van der Waals surface area (Å²) in [6, 6.07) is 12.6. The number of amides is 1. The number of nitrogens with one attached hydrogen (secondary N) is 1. The SMILES string of the molecule is CCCC(=O)Nc1cc(-c2ccc(OC)cc2OC)nc(-c2ccc(OC)cc2OC)n1. The highest BCUT2D eigenvalue weighted by Crippen LogP contribution is 2.36. The molecule has 3 aromatic rings. The molecule has 32 heavy (non-hydrogen) atoms. The van der Waals surface area contributed by atoms with Crippen LogP contribution in [-0.2, 0) is 4.79 Å². The molecular formula is C24H27N3O5. The fourth-order valence-corrected chi connectivity index (χ4v) is 3.20. The van der Waals surface area contributed by atoms with Gasteiger partial charge in [0.25, 0.3) is 0 Å². The molecular weight excluding hydrogens is 410 g/mol. The van der Waals surface area contributed by atoms with E-state index in [9.17, 15) is 4.79 Å². The highest BCUT2D eigenvalue weighted by atomic mass is 16.5. The summed E-state index contributed by atoms with van der Waals surface area (Å²) < 4.78 is 21.7. The fraction of sp³-hybridized carbons (Fsp3) is 0.292. The number of hydrogen-bond acceptors (Lipinski definition) is 7. The Bertz CT molecular complexity index is 1030. The summed E-state index contributed by atoms with van der Waals surface area (Å²) in [6.07, 6.45) is 1.13. The Labute approximate surface area is 187 Å². The lowest BCUT2D eigenvalue weighted by atomic mass is 10.1. The number of ether oxygens (including phenoxy) is 4. The topological polar surface area (TPSA) is 91.8 Å². The van der Waals surface area contributed by atoms with E-state index in [1.54, 1.807) is 52.7 Å². The lowest BCUT2D eigenvalue weighted by Crippen LogP contribution is -2.13. The monoisotopic (exact) mass is 437 g/mol. The third kappa shape index (κ3) is 5.08. The van der Waals surface area contributed by atoms with Crippen molar-refractivity contribution >= 4 is 11.7 Å². The van der Waals surface area contributed by atoms with Gasteiger partial charge >= 0.3 is 0 Å². The first-order valence-corrected chi connectivity index (χ1v) is 10.2. The molecule has 3 rings (SSSR count). The van der Waals surface area contributed by atoms with Gasteiger partial charge in [-0.25, -0.2) is 9.97 Å². The molecule has 0 saturated heterocycles. The van der Waals surface area contributed by atoms with Crippen molar-refractivity contribution < 1.29 is 23.7 Å². The summed E-state index contributed by atoms with van der Waals surface area (Å²) in [4.78, 5) is 21.6. The van der Waals surface area contributed by atoms with Gasteiger partial charge in [0.15, 0.2) is 5.82 Å². The van der Waals surface area contributed by atoms with Crippen molar-refractivity contribution in [3.05, 3.63) is 42.5 Å². The van der Waals surface area contributed by atoms with Crippen LogP contribution in [0.2, 0.25) is 0 Å². The highest BCUT2D eigenvalue weighted by molar-refractivity contribution is 5.90. The van der Waals surface area contributed by atoms with E-state index in [4.69, 9.17) is 23.9 Å². The zero-order valence-electron chi connectivity index (χ0n) is 18.9. The molecule has 0 bridgehead atoms. The molecule has 8 nitrogen and oxygen atoms in total. The van der Waals surface area contributed by atoms with Gasteiger partial charge < -0.3 is 24.3 Å². The average molecular weight is 437 g/mol. The summed E-state index contributed by atoms with van der Waals surface area (Å²) in [7, 11) is 6.33. The van der Waals surface area contributed by atoms with Crippen molar-refractivity contribution in [1.29, 1.82) is 0 Å². The van der Waals surface area contributed by atoms with Crippen molar-refractivity contribution in [2.75, 3.05) is 33.8 Å². The minimum Gasteiger partial charge on any atom is -0.497 e. The molecule has 0 aliphatic heterocycles. The first-order chi connectivity index (χ1) is 15.5. The van der Waals surface area contributed by atoms with E-state index >= 15 is 0 Å². The Morgan fingerprint density at radius 3 is 1.97 bits per heavy atom. The van der Waals surface area contributed by atoms with Crippen molar-refractivity contribution in [1.82, 2.24) is 9.97 Å². The first-order valence-electron chi connectivity index (χ1n) is 10.2. The molecule has 0 atom stereocenters. The van der Waals surface area contributed by atoms with Crippen LogP contribution >= 0.6 is 0 Å². The number of carbonyl (C=O) groups excluding carboxylic acids is 1. The van der Waals surface area contributed by atoms with E-state index in [0.29, 0.717) is 52.3 Å². The maximum atomic E-state index is 12.3. The van der Waals surface area contributed by atoms with E-state index < -0.39 is 0 Å². The van der Waals surface area contributed by atoms with Gasteiger partial charge in [-0.3, -0.25) is 4.79 Å². The smallest absolute Gasteiger partial charge is 0.225 e. The molecule has 0 fully saturated rings. The predicted octanol–water partition coefficient (Wildman–Crippen LogP) is 4.58. The van der Waals surface area contributed by atoms with Gasteiger partial charge in [0, 0.05) is 30.2 Å². The van der Waals surface area contributed by atoms with E-state index in [2.05, 4.69) is 10.3 Å². The van der Waals surface area contributed by atoms with Gasteiger partial charge in [0.1, 0.15) is 28.8 Å². The molecule has 8 heteroatoms. The van der Waals surface area contributed by atoms with Gasteiger partial charge in [-0.15, -0.1) is 0 Å². The summed E-state index contributed by atoms with van der Waals surface area (Å²) >= 11 is 0. The number of methoxy groups -OCH3 is 4. The van der Waals surface area contributed by atoms with Crippen LogP contribution in [0.4, 0.5) is 5.82 Å². The average Bonchev–Trinajstić information content (AvgIpc) is 2.82. The quantitative estimate of drug-likeness (QED) is 0.524. The third-order valence-electron chi connectivity index (χ3n) is 4.80. The Morgan fingerprint density at radius 1 is 0.812 bits per heavy atom.